The molecule has 1 aliphatic heterocycles. The number of amidine groups is 1. The molecule has 3 aromatic rings. The molecule has 0 atom stereocenters. The summed E-state index contributed by atoms with van der Waals surface area (Å²) in [6, 6.07) is 22.4. The highest BCUT2D eigenvalue weighted by Gasteiger charge is 2.15. The van der Waals surface area contributed by atoms with Gasteiger partial charge in [0, 0.05) is 11.9 Å². The van der Waals surface area contributed by atoms with E-state index in [2.05, 4.69) is 39.9 Å². The fourth-order valence-electron chi connectivity index (χ4n) is 3.02. The minimum Gasteiger partial charge on any atom is -0.355 e. The summed E-state index contributed by atoms with van der Waals surface area (Å²) in [4.78, 5) is 16.7. The number of amides is 1. The lowest BCUT2D eigenvalue weighted by Crippen LogP contribution is -2.28. The third kappa shape index (κ3) is 3.73. The zero-order valence-electron chi connectivity index (χ0n) is 14.2. The first-order valence-corrected chi connectivity index (χ1v) is 9.59. The van der Waals surface area contributed by atoms with Crippen molar-refractivity contribution in [2.75, 3.05) is 17.6 Å². The van der Waals surface area contributed by atoms with Crippen LogP contribution in [0.1, 0.15) is 5.56 Å². The van der Waals surface area contributed by atoms with E-state index in [9.17, 15) is 4.79 Å². The molecule has 0 saturated carbocycles. The topological polar surface area (TPSA) is 53.5 Å². The number of hydrogen-bond donors (Lipinski definition) is 2. The molecule has 4 nitrogen and oxygen atoms in total. The first-order valence-electron chi connectivity index (χ1n) is 8.60. The molecule has 0 aliphatic carbocycles. The molecule has 3 aromatic carbocycles. The maximum atomic E-state index is 12.1. The summed E-state index contributed by atoms with van der Waals surface area (Å²) < 4.78 is 0. The Morgan fingerprint density at radius 2 is 1.81 bits per heavy atom. The second-order valence-electron chi connectivity index (χ2n) is 6.10. The van der Waals surface area contributed by atoms with Gasteiger partial charge in [0.05, 0.1) is 17.1 Å². The van der Waals surface area contributed by atoms with Crippen molar-refractivity contribution in [1.29, 1.82) is 0 Å². The van der Waals surface area contributed by atoms with E-state index < -0.39 is 0 Å². The van der Waals surface area contributed by atoms with Crippen LogP contribution in [0.3, 0.4) is 0 Å². The number of hydrogen-bond acceptors (Lipinski definition) is 4. The molecule has 0 bridgehead atoms. The minimum absolute atomic E-state index is 0.0208. The smallest absolute Gasteiger partial charge is 0.230 e. The molecule has 0 aromatic heterocycles. The maximum Gasteiger partial charge on any atom is 0.230 e. The van der Waals surface area contributed by atoms with E-state index in [1.54, 1.807) is 0 Å². The molecule has 1 amide bonds. The Morgan fingerprint density at radius 3 is 2.65 bits per heavy atom. The van der Waals surface area contributed by atoms with E-state index in [4.69, 9.17) is 0 Å². The van der Waals surface area contributed by atoms with Crippen LogP contribution in [0.2, 0.25) is 0 Å². The summed E-state index contributed by atoms with van der Waals surface area (Å²) in [5.41, 5.74) is 3.22. The molecule has 130 valence electrons. The van der Waals surface area contributed by atoms with Crippen LogP contribution < -0.4 is 10.6 Å². The van der Waals surface area contributed by atoms with Crippen LogP contribution in [0.15, 0.2) is 71.7 Å². The van der Waals surface area contributed by atoms with E-state index in [0.29, 0.717) is 12.3 Å². The third-order valence-corrected chi connectivity index (χ3v) is 5.14. The Hall–Kier alpha value is -2.79. The summed E-state index contributed by atoms with van der Waals surface area (Å²) in [6.45, 7) is 0.644. The van der Waals surface area contributed by atoms with Gasteiger partial charge in [0.15, 0.2) is 5.17 Å². The van der Waals surface area contributed by atoms with Gasteiger partial charge < -0.3 is 10.6 Å². The molecule has 1 aliphatic rings. The van der Waals surface area contributed by atoms with Crippen LogP contribution in [0.5, 0.6) is 0 Å². The Labute approximate surface area is 156 Å². The number of nitrogens with one attached hydrogen (secondary N) is 2. The Kier molecular flexibility index (Phi) is 4.88. The summed E-state index contributed by atoms with van der Waals surface area (Å²) >= 11 is 1.43. The van der Waals surface area contributed by atoms with E-state index in [0.717, 1.165) is 28.3 Å². The number of carbonyl (C=O) groups is 1. The predicted octanol–water partition coefficient (Wildman–Crippen LogP) is 4.34. The fourth-order valence-corrected chi connectivity index (χ4v) is 3.73. The molecular formula is C21H19N3OS. The van der Waals surface area contributed by atoms with E-state index in [1.165, 1.54) is 22.7 Å². The van der Waals surface area contributed by atoms with E-state index in [-0.39, 0.29) is 5.91 Å². The molecule has 4 rings (SSSR count). The predicted molar refractivity (Wildman–Crippen MR) is 110 cm³/mol. The van der Waals surface area contributed by atoms with Crippen molar-refractivity contribution >= 4 is 45.0 Å². The highest BCUT2D eigenvalue weighted by Crippen LogP contribution is 2.36. The normalized spacial score (nSPS) is 12.4. The zero-order valence-corrected chi connectivity index (χ0v) is 15.1. The van der Waals surface area contributed by atoms with Gasteiger partial charge in [-0.2, -0.15) is 0 Å². The quantitative estimate of drug-likeness (QED) is 0.710. The van der Waals surface area contributed by atoms with Gasteiger partial charge in [-0.25, -0.2) is 4.99 Å². The number of rotatable bonds is 5. The number of carbonyl (C=O) groups excluding carboxylic acids is 1. The average molecular weight is 361 g/mol. The fraction of sp³-hybridized carbons (Fsp3) is 0.143. The van der Waals surface area contributed by atoms with Gasteiger partial charge in [0.2, 0.25) is 5.91 Å². The van der Waals surface area contributed by atoms with Gasteiger partial charge in [-0.05, 0) is 29.5 Å². The van der Waals surface area contributed by atoms with Gasteiger partial charge in [-0.3, -0.25) is 4.79 Å². The number of anilines is 1. The number of benzene rings is 3. The first kappa shape index (κ1) is 16.7. The number of thioether (sulfide) groups is 1. The van der Waals surface area contributed by atoms with Crippen LogP contribution >= 0.6 is 11.8 Å². The maximum absolute atomic E-state index is 12.1. The van der Waals surface area contributed by atoms with Crippen molar-refractivity contribution < 1.29 is 4.79 Å². The van der Waals surface area contributed by atoms with Gasteiger partial charge in [0.25, 0.3) is 0 Å². The second kappa shape index (κ2) is 7.62. The first-order chi connectivity index (χ1) is 12.8. The van der Waals surface area contributed by atoms with Crippen molar-refractivity contribution in [2.24, 2.45) is 4.99 Å². The average Bonchev–Trinajstić information content (AvgIpc) is 2.68. The third-order valence-electron chi connectivity index (χ3n) is 4.26. The zero-order chi connectivity index (χ0) is 17.8. The Bertz CT molecular complexity index is 964. The molecule has 0 spiro atoms. The molecule has 5 heteroatoms. The number of nitrogens with zero attached hydrogens (tertiary/aromatic N) is 1. The summed E-state index contributed by atoms with van der Waals surface area (Å²) in [5.74, 6) is 0.367. The van der Waals surface area contributed by atoms with Gasteiger partial charge in [-0.15, -0.1) is 0 Å². The highest BCUT2D eigenvalue weighted by atomic mass is 32.2. The number of aliphatic imine (C=N–C) groups is 1. The summed E-state index contributed by atoms with van der Waals surface area (Å²) in [6.07, 6.45) is 0.839. The van der Waals surface area contributed by atoms with Crippen LogP contribution in [0.4, 0.5) is 11.4 Å². The second-order valence-corrected chi connectivity index (χ2v) is 7.06. The van der Waals surface area contributed by atoms with Crippen LogP contribution in [0, 0.1) is 0 Å². The molecular weight excluding hydrogens is 342 g/mol. The SMILES string of the molecule is O=C(CSC1=Nc2cccc3cccc(c23)N1)NCCc1ccccc1. The van der Waals surface area contributed by atoms with Crippen molar-refractivity contribution in [3.63, 3.8) is 0 Å². The molecule has 26 heavy (non-hydrogen) atoms. The minimum atomic E-state index is 0.0208. The molecule has 0 unspecified atom stereocenters. The monoisotopic (exact) mass is 361 g/mol. The Balaban J connectivity index is 1.33. The highest BCUT2D eigenvalue weighted by molar-refractivity contribution is 8.14. The van der Waals surface area contributed by atoms with Crippen molar-refractivity contribution in [3.8, 4) is 0 Å². The lowest BCUT2D eigenvalue weighted by molar-refractivity contribution is -0.118. The van der Waals surface area contributed by atoms with Gasteiger partial charge in [-0.1, -0.05) is 66.4 Å². The van der Waals surface area contributed by atoms with Gasteiger partial charge >= 0.3 is 0 Å². The van der Waals surface area contributed by atoms with Crippen LogP contribution in [-0.2, 0) is 11.2 Å². The summed E-state index contributed by atoms with van der Waals surface area (Å²) in [5, 5.41) is 9.35. The van der Waals surface area contributed by atoms with Crippen molar-refractivity contribution in [1.82, 2.24) is 5.32 Å². The van der Waals surface area contributed by atoms with Crippen LogP contribution in [-0.4, -0.2) is 23.4 Å². The summed E-state index contributed by atoms with van der Waals surface area (Å²) in [7, 11) is 0. The lowest BCUT2D eigenvalue weighted by Gasteiger charge is -2.18. The van der Waals surface area contributed by atoms with Crippen molar-refractivity contribution in [3.05, 3.63) is 72.3 Å². The van der Waals surface area contributed by atoms with Gasteiger partial charge in [0.1, 0.15) is 0 Å². The van der Waals surface area contributed by atoms with Crippen LogP contribution in [0.25, 0.3) is 10.8 Å². The molecule has 2 N–H and O–H groups in total. The van der Waals surface area contributed by atoms with Crippen molar-refractivity contribution in [2.45, 2.75) is 6.42 Å². The molecule has 1 heterocycles. The van der Waals surface area contributed by atoms with E-state index >= 15 is 0 Å². The van der Waals surface area contributed by atoms with E-state index in [1.807, 2.05) is 42.5 Å². The lowest BCUT2D eigenvalue weighted by atomic mass is 10.1. The Morgan fingerprint density at radius 1 is 1.00 bits per heavy atom. The molecule has 0 saturated heterocycles. The standard InChI is InChI=1S/C21H19N3OS/c25-19(22-13-12-15-6-2-1-3-7-15)14-26-21-23-17-10-4-8-16-9-5-11-18(24-21)20(16)17/h1-11H,12-14H2,(H,22,25)(H,23,24). The largest absolute Gasteiger partial charge is 0.355 e. The molecule has 0 radical (unpaired) electrons. The molecule has 0 fully saturated rings.